The van der Waals surface area contributed by atoms with Crippen molar-refractivity contribution < 1.29 is 26.7 Å². The Morgan fingerprint density at radius 1 is 1.29 bits per heavy atom. The van der Waals surface area contributed by atoms with E-state index in [2.05, 4.69) is 9.46 Å². The SMILES string of the molecule is COc1ccc(NS(=O)(=O)CCCCCl)cc1OC(F)F. The summed E-state index contributed by atoms with van der Waals surface area (Å²) in [4.78, 5) is 0. The Kier molecular flexibility index (Phi) is 6.97. The lowest BCUT2D eigenvalue weighted by atomic mass is 10.3. The van der Waals surface area contributed by atoms with E-state index >= 15 is 0 Å². The topological polar surface area (TPSA) is 64.6 Å². The van der Waals surface area contributed by atoms with Gasteiger partial charge in [-0.1, -0.05) is 0 Å². The summed E-state index contributed by atoms with van der Waals surface area (Å²) in [5.41, 5.74) is 0.123. The van der Waals surface area contributed by atoms with Gasteiger partial charge in [0.2, 0.25) is 10.0 Å². The maximum Gasteiger partial charge on any atom is 0.387 e. The Morgan fingerprint density at radius 2 is 2.00 bits per heavy atom. The van der Waals surface area contributed by atoms with Crippen LogP contribution in [0.3, 0.4) is 0 Å². The molecule has 0 unspecified atom stereocenters. The highest BCUT2D eigenvalue weighted by atomic mass is 35.5. The molecule has 1 aromatic rings. The molecule has 1 N–H and O–H groups in total. The van der Waals surface area contributed by atoms with Crippen molar-refractivity contribution in [2.75, 3.05) is 23.5 Å². The van der Waals surface area contributed by atoms with E-state index in [1.165, 1.54) is 19.2 Å². The standard InChI is InChI=1S/C12H16ClF2NO4S/c1-19-10-5-4-9(8-11(10)20-12(14)15)16-21(17,18)7-3-2-6-13/h4-5,8,12,16H,2-3,6-7H2,1H3. The van der Waals surface area contributed by atoms with Gasteiger partial charge in [0, 0.05) is 11.9 Å². The van der Waals surface area contributed by atoms with Gasteiger partial charge >= 0.3 is 6.61 Å². The number of hydrogen-bond acceptors (Lipinski definition) is 4. The fourth-order valence-corrected chi connectivity index (χ4v) is 2.91. The van der Waals surface area contributed by atoms with Crippen molar-refractivity contribution in [3.05, 3.63) is 18.2 Å². The van der Waals surface area contributed by atoms with Gasteiger partial charge in [-0.2, -0.15) is 8.78 Å². The second-order valence-corrected chi connectivity index (χ2v) is 6.28. The van der Waals surface area contributed by atoms with Crippen LogP contribution in [0.4, 0.5) is 14.5 Å². The zero-order chi connectivity index (χ0) is 15.9. The third-order valence-electron chi connectivity index (χ3n) is 2.45. The van der Waals surface area contributed by atoms with Crippen LogP contribution in [0.5, 0.6) is 11.5 Å². The van der Waals surface area contributed by atoms with Crippen LogP contribution in [0, 0.1) is 0 Å². The molecule has 0 aromatic heterocycles. The van der Waals surface area contributed by atoms with Crippen LogP contribution >= 0.6 is 11.6 Å². The molecule has 0 aliphatic heterocycles. The van der Waals surface area contributed by atoms with E-state index in [9.17, 15) is 17.2 Å². The van der Waals surface area contributed by atoms with Crippen molar-refractivity contribution in [2.45, 2.75) is 19.5 Å². The molecule has 0 amide bonds. The third kappa shape index (κ3) is 6.34. The number of sulfonamides is 1. The van der Waals surface area contributed by atoms with E-state index in [0.717, 1.165) is 6.07 Å². The van der Waals surface area contributed by atoms with Crippen LogP contribution in [-0.4, -0.2) is 33.8 Å². The summed E-state index contributed by atoms with van der Waals surface area (Å²) in [6, 6.07) is 3.88. The van der Waals surface area contributed by atoms with E-state index in [1.807, 2.05) is 0 Å². The summed E-state index contributed by atoms with van der Waals surface area (Å²) in [6.07, 6.45) is 0.986. The van der Waals surface area contributed by atoms with Gasteiger partial charge in [0.05, 0.1) is 18.6 Å². The molecule has 0 radical (unpaired) electrons. The molecule has 0 fully saturated rings. The van der Waals surface area contributed by atoms with E-state index in [4.69, 9.17) is 16.3 Å². The fourth-order valence-electron chi connectivity index (χ4n) is 1.55. The number of nitrogens with one attached hydrogen (secondary N) is 1. The molecule has 0 aliphatic rings. The minimum atomic E-state index is -3.56. The summed E-state index contributed by atoms with van der Waals surface area (Å²) in [6.45, 7) is -3.03. The first-order valence-corrected chi connectivity index (χ1v) is 8.26. The number of unbranched alkanes of at least 4 members (excludes halogenated alkanes) is 1. The summed E-state index contributed by atoms with van der Waals surface area (Å²) < 4.78 is 59.6. The Hall–Kier alpha value is -1.28. The second-order valence-electron chi connectivity index (χ2n) is 4.06. The quantitative estimate of drug-likeness (QED) is 0.553. The van der Waals surface area contributed by atoms with Crippen LogP contribution in [-0.2, 0) is 10.0 Å². The summed E-state index contributed by atoms with van der Waals surface area (Å²) in [5.74, 6) is 0.121. The smallest absolute Gasteiger partial charge is 0.387 e. The number of hydrogen-bond donors (Lipinski definition) is 1. The Bertz CT molecular complexity index is 554. The number of halogens is 3. The van der Waals surface area contributed by atoms with Gasteiger partial charge in [-0.25, -0.2) is 8.42 Å². The lowest BCUT2D eigenvalue weighted by molar-refractivity contribution is -0.0511. The van der Waals surface area contributed by atoms with Crippen molar-refractivity contribution in [1.82, 2.24) is 0 Å². The highest BCUT2D eigenvalue weighted by Crippen LogP contribution is 2.31. The average molecular weight is 344 g/mol. The molecule has 0 aliphatic carbocycles. The Balaban J connectivity index is 2.83. The van der Waals surface area contributed by atoms with Crippen LogP contribution in [0.2, 0.25) is 0 Å². The second kappa shape index (κ2) is 8.23. The van der Waals surface area contributed by atoms with Crippen LogP contribution in [0.1, 0.15) is 12.8 Å². The molecule has 0 saturated heterocycles. The Morgan fingerprint density at radius 3 is 2.57 bits per heavy atom. The monoisotopic (exact) mass is 343 g/mol. The number of alkyl halides is 3. The summed E-state index contributed by atoms with van der Waals surface area (Å²) >= 11 is 5.48. The van der Waals surface area contributed by atoms with Crippen molar-refractivity contribution in [1.29, 1.82) is 0 Å². The highest BCUT2D eigenvalue weighted by molar-refractivity contribution is 7.92. The van der Waals surface area contributed by atoms with Crippen molar-refractivity contribution in [3.8, 4) is 11.5 Å². The molecule has 0 atom stereocenters. The van der Waals surface area contributed by atoms with Crippen molar-refractivity contribution >= 4 is 27.3 Å². The zero-order valence-electron chi connectivity index (χ0n) is 11.3. The first-order chi connectivity index (χ1) is 9.88. The number of ether oxygens (including phenoxy) is 2. The number of rotatable bonds is 9. The molecule has 21 heavy (non-hydrogen) atoms. The first-order valence-electron chi connectivity index (χ1n) is 6.07. The van der Waals surface area contributed by atoms with E-state index in [1.54, 1.807) is 0 Å². The van der Waals surface area contributed by atoms with Crippen LogP contribution < -0.4 is 14.2 Å². The van der Waals surface area contributed by atoms with Crippen molar-refractivity contribution in [3.63, 3.8) is 0 Å². The van der Waals surface area contributed by atoms with Gasteiger partial charge in [0.25, 0.3) is 0 Å². The molecule has 0 spiro atoms. The third-order valence-corrected chi connectivity index (χ3v) is 4.09. The van der Waals surface area contributed by atoms with Gasteiger partial charge in [0.15, 0.2) is 11.5 Å². The van der Waals surface area contributed by atoms with Gasteiger partial charge in [-0.15, -0.1) is 11.6 Å². The molecular formula is C12H16ClF2NO4S. The van der Waals surface area contributed by atoms with Crippen LogP contribution in [0.25, 0.3) is 0 Å². The predicted octanol–water partition coefficient (Wildman–Crippen LogP) is 3.06. The molecule has 0 saturated carbocycles. The molecule has 1 aromatic carbocycles. The number of anilines is 1. The minimum Gasteiger partial charge on any atom is -0.493 e. The van der Waals surface area contributed by atoms with Crippen LogP contribution in [0.15, 0.2) is 18.2 Å². The number of methoxy groups -OCH3 is 1. The Labute approximate surface area is 127 Å². The largest absolute Gasteiger partial charge is 0.493 e. The van der Waals surface area contributed by atoms with Gasteiger partial charge < -0.3 is 9.47 Å². The number of benzene rings is 1. The molecule has 0 heterocycles. The normalized spacial score (nSPS) is 11.5. The van der Waals surface area contributed by atoms with Gasteiger partial charge in [-0.05, 0) is 25.0 Å². The fraction of sp³-hybridized carbons (Fsp3) is 0.500. The van der Waals surface area contributed by atoms with Gasteiger partial charge in [-0.3, -0.25) is 4.72 Å². The van der Waals surface area contributed by atoms with Crippen molar-refractivity contribution in [2.24, 2.45) is 0 Å². The molecule has 5 nitrogen and oxygen atoms in total. The lowest BCUT2D eigenvalue weighted by Gasteiger charge is -2.13. The van der Waals surface area contributed by atoms with Gasteiger partial charge in [0.1, 0.15) is 0 Å². The summed E-state index contributed by atoms with van der Waals surface area (Å²) in [5, 5.41) is 0. The molecule has 120 valence electrons. The molecule has 9 heteroatoms. The molecule has 1 rings (SSSR count). The molecular weight excluding hydrogens is 328 g/mol. The lowest BCUT2D eigenvalue weighted by Crippen LogP contribution is -2.17. The van der Waals surface area contributed by atoms with E-state index in [-0.39, 0.29) is 22.9 Å². The highest BCUT2D eigenvalue weighted by Gasteiger charge is 2.14. The molecule has 0 bridgehead atoms. The maximum absolute atomic E-state index is 12.3. The first kappa shape index (κ1) is 17.8. The summed E-state index contributed by atoms with van der Waals surface area (Å²) in [7, 11) is -2.27. The maximum atomic E-state index is 12.3. The zero-order valence-corrected chi connectivity index (χ0v) is 12.9. The van der Waals surface area contributed by atoms with E-state index in [0.29, 0.717) is 18.7 Å². The average Bonchev–Trinajstić information content (AvgIpc) is 2.38. The van der Waals surface area contributed by atoms with E-state index < -0.39 is 16.6 Å². The predicted molar refractivity (Wildman–Crippen MR) is 77.0 cm³/mol. The minimum absolute atomic E-state index is 0.0837.